The minimum Gasteiger partial charge on any atom is -0.363 e. The standard InChI is InChI=1S/C12H24N2.C2H6/c1-5-7-11-10(6-2)8-9-14(4)12(11)13-3;1-2/h10-11H,5-9H2,1-4H3;1-2H3. The summed E-state index contributed by atoms with van der Waals surface area (Å²) >= 11 is 0. The molecule has 96 valence electrons. The lowest BCUT2D eigenvalue weighted by atomic mass is 9.80. The molecule has 1 rings (SSSR count). The molecule has 0 aliphatic carbocycles. The van der Waals surface area contributed by atoms with E-state index in [0.29, 0.717) is 5.92 Å². The molecule has 1 saturated heterocycles. The van der Waals surface area contributed by atoms with Crippen LogP contribution in [0.4, 0.5) is 0 Å². The molecule has 0 N–H and O–H groups in total. The Labute approximate surface area is 102 Å². The van der Waals surface area contributed by atoms with E-state index < -0.39 is 0 Å². The molecule has 0 saturated carbocycles. The normalized spacial score (nSPS) is 27.6. The number of hydrogen-bond donors (Lipinski definition) is 0. The smallest absolute Gasteiger partial charge is 0.102 e. The van der Waals surface area contributed by atoms with Gasteiger partial charge in [-0.1, -0.05) is 40.5 Å². The maximum atomic E-state index is 4.47. The SMILES string of the molecule is CC.CCCC1C(=NC)N(C)CCC1CC. The van der Waals surface area contributed by atoms with Crippen LogP contribution >= 0.6 is 0 Å². The maximum absolute atomic E-state index is 4.47. The minimum absolute atomic E-state index is 0.716. The first-order valence-electron chi connectivity index (χ1n) is 6.92. The lowest BCUT2D eigenvalue weighted by Gasteiger charge is -2.38. The van der Waals surface area contributed by atoms with Crippen molar-refractivity contribution in [3.05, 3.63) is 0 Å². The molecular weight excluding hydrogens is 196 g/mol. The molecule has 16 heavy (non-hydrogen) atoms. The first-order valence-corrected chi connectivity index (χ1v) is 6.92. The molecule has 2 heteroatoms. The van der Waals surface area contributed by atoms with Crippen LogP contribution in [0.1, 0.15) is 53.4 Å². The number of aliphatic imine (C=N–C) groups is 1. The van der Waals surface area contributed by atoms with Gasteiger partial charge in [0.2, 0.25) is 0 Å². The summed E-state index contributed by atoms with van der Waals surface area (Å²) in [5, 5.41) is 0. The van der Waals surface area contributed by atoms with Gasteiger partial charge in [-0.3, -0.25) is 4.99 Å². The Morgan fingerprint density at radius 3 is 2.38 bits per heavy atom. The summed E-state index contributed by atoms with van der Waals surface area (Å²) in [4.78, 5) is 6.81. The zero-order valence-corrected chi connectivity index (χ0v) is 12.1. The van der Waals surface area contributed by atoms with E-state index in [9.17, 15) is 0 Å². The van der Waals surface area contributed by atoms with Gasteiger partial charge in [-0.05, 0) is 18.8 Å². The van der Waals surface area contributed by atoms with Crippen LogP contribution in [0, 0.1) is 11.8 Å². The van der Waals surface area contributed by atoms with E-state index in [1.54, 1.807) is 0 Å². The molecule has 0 aromatic heterocycles. The summed E-state index contributed by atoms with van der Waals surface area (Å²) < 4.78 is 0. The third-order valence-corrected chi connectivity index (χ3v) is 3.48. The van der Waals surface area contributed by atoms with Crippen LogP contribution in [0.2, 0.25) is 0 Å². The molecule has 0 bridgehead atoms. The highest BCUT2D eigenvalue weighted by atomic mass is 15.2. The predicted molar refractivity (Wildman–Crippen MR) is 74.1 cm³/mol. The van der Waals surface area contributed by atoms with Crippen molar-refractivity contribution in [2.24, 2.45) is 16.8 Å². The third kappa shape index (κ3) is 3.80. The van der Waals surface area contributed by atoms with Crippen LogP contribution < -0.4 is 0 Å². The highest BCUT2D eigenvalue weighted by Gasteiger charge is 2.30. The van der Waals surface area contributed by atoms with Crippen molar-refractivity contribution >= 4 is 5.84 Å². The monoisotopic (exact) mass is 226 g/mol. The van der Waals surface area contributed by atoms with E-state index in [2.05, 4.69) is 30.8 Å². The topological polar surface area (TPSA) is 15.6 Å². The number of rotatable bonds is 3. The van der Waals surface area contributed by atoms with Gasteiger partial charge in [-0.15, -0.1) is 0 Å². The van der Waals surface area contributed by atoms with Crippen LogP contribution in [0.25, 0.3) is 0 Å². The average Bonchev–Trinajstić information content (AvgIpc) is 2.33. The summed E-state index contributed by atoms with van der Waals surface area (Å²) in [6.07, 6.45) is 5.22. The largest absolute Gasteiger partial charge is 0.363 e. The lowest BCUT2D eigenvalue weighted by molar-refractivity contribution is 0.260. The van der Waals surface area contributed by atoms with Gasteiger partial charge in [-0.2, -0.15) is 0 Å². The van der Waals surface area contributed by atoms with Gasteiger partial charge in [0.1, 0.15) is 5.84 Å². The number of likely N-dealkylation sites (tertiary alicyclic amines) is 1. The molecule has 1 fully saturated rings. The number of hydrogen-bond acceptors (Lipinski definition) is 1. The van der Waals surface area contributed by atoms with E-state index >= 15 is 0 Å². The second kappa shape index (κ2) is 8.60. The Bertz CT molecular complexity index is 199. The molecule has 0 amide bonds. The van der Waals surface area contributed by atoms with Crippen LogP contribution in [0.3, 0.4) is 0 Å². The molecule has 0 aromatic carbocycles. The molecular formula is C14H30N2. The maximum Gasteiger partial charge on any atom is 0.102 e. The van der Waals surface area contributed by atoms with Crippen LogP contribution in [0.5, 0.6) is 0 Å². The Morgan fingerprint density at radius 2 is 1.94 bits per heavy atom. The van der Waals surface area contributed by atoms with E-state index in [1.165, 1.54) is 38.1 Å². The van der Waals surface area contributed by atoms with Crippen LogP contribution in [0.15, 0.2) is 4.99 Å². The fraction of sp³-hybridized carbons (Fsp3) is 0.929. The summed E-state index contributed by atoms with van der Waals surface area (Å²) in [5.74, 6) is 2.92. The fourth-order valence-corrected chi connectivity index (χ4v) is 2.67. The molecule has 0 radical (unpaired) electrons. The highest BCUT2D eigenvalue weighted by molar-refractivity contribution is 5.85. The second-order valence-corrected chi connectivity index (χ2v) is 4.36. The summed E-state index contributed by atoms with van der Waals surface area (Å²) in [6.45, 7) is 9.77. The first-order chi connectivity index (χ1) is 7.74. The Balaban J connectivity index is 0.00000106. The van der Waals surface area contributed by atoms with Gasteiger partial charge in [0.25, 0.3) is 0 Å². The molecule has 0 spiro atoms. The van der Waals surface area contributed by atoms with Gasteiger partial charge in [0.05, 0.1) is 0 Å². The molecule has 2 nitrogen and oxygen atoms in total. The van der Waals surface area contributed by atoms with Crippen LogP contribution in [-0.4, -0.2) is 31.4 Å². The number of piperidine rings is 1. The Morgan fingerprint density at radius 1 is 1.31 bits per heavy atom. The molecule has 1 aliphatic heterocycles. The van der Waals surface area contributed by atoms with E-state index in [1.807, 2.05) is 20.9 Å². The van der Waals surface area contributed by atoms with Crippen molar-refractivity contribution in [1.82, 2.24) is 4.90 Å². The molecule has 2 atom stereocenters. The minimum atomic E-state index is 0.716. The van der Waals surface area contributed by atoms with Crippen molar-refractivity contribution in [2.45, 2.75) is 53.4 Å². The van der Waals surface area contributed by atoms with E-state index in [4.69, 9.17) is 0 Å². The zero-order chi connectivity index (χ0) is 12.6. The Kier molecular flexibility index (Phi) is 8.32. The van der Waals surface area contributed by atoms with Gasteiger partial charge >= 0.3 is 0 Å². The number of nitrogens with zero attached hydrogens (tertiary/aromatic N) is 2. The second-order valence-electron chi connectivity index (χ2n) is 4.36. The lowest BCUT2D eigenvalue weighted by Crippen LogP contribution is -2.43. The van der Waals surface area contributed by atoms with Crippen molar-refractivity contribution in [3.63, 3.8) is 0 Å². The number of amidine groups is 1. The van der Waals surface area contributed by atoms with Crippen molar-refractivity contribution in [3.8, 4) is 0 Å². The zero-order valence-electron chi connectivity index (χ0n) is 12.1. The summed E-state index contributed by atoms with van der Waals surface area (Å²) in [7, 11) is 4.11. The van der Waals surface area contributed by atoms with Crippen molar-refractivity contribution in [2.75, 3.05) is 20.6 Å². The summed E-state index contributed by atoms with van der Waals surface area (Å²) in [5.41, 5.74) is 0. The van der Waals surface area contributed by atoms with Gasteiger partial charge in [0, 0.05) is 26.6 Å². The predicted octanol–water partition coefficient (Wildman–Crippen LogP) is 3.82. The fourth-order valence-electron chi connectivity index (χ4n) is 2.67. The summed E-state index contributed by atoms with van der Waals surface area (Å²) in [6, 6.07) is 0. The van der Waals surface area contributed by atoms with Crippen molar-refractivity contribution in [1.29, 1.82) is 0 Å². The molecule has 1 heterocycles. The molecule has 2 unspecified atom stereocenters. The van der Waals surface area contributed by atoms with E-state index in [0.717, 1.165) is 5.92 Å². The van der Waals surface area contributed by atoms with Gasteiger partial charge in [0.15, 0.2) is 0 Å². The first kappa shape index (κ1) is 15.5. The molecule has 1 aliphatic rings. The highest BCUT2D eigenvalue weighted by Crippen LogP contribution is 2.30. The van der Waals surface area contributed by atoms with Gasteiger partial charge < -0.3 is 4.90 Å². The Hall–Kier alpha value is -0.530. The molecule has 0 aromatic rings. The van der Waals surface area contributed by atoms with Crippen LogP contribution in [-0.2, 0) is 0 Å². The van der Waals surface area contributed by atoms with Gasteiger partial charge in [-0.25, -0.2) is 0 Å². The average molecular weight is 226 g/mol. The van der Waals surface area contributed by atoms with Crippen molar-refractivity contribution < 1.29 is 0 Å². The quantitative estimate of drug-likeness (QED) is 0.714. The third-order valence-electron chi connectivity index (χ3n) is 3.48. The van der Waals surface area contributed by atoms with E-state index in [-0.39, 0.29) is 0 Å².